The Balaban J connectivity index is 1.78. The Morgan fingerprint density at radius 3 is 2.71 bits per heavy atom. The van der Waals surface area contributed by atoms with Crippen LogP contribution >= 0.6 is 23.4 Å². The Hall–Kier alpha value is -2.24. The van der Waals surface area contributed by atoms with Crippen molar-refractivity contribution in [2.75, 3.05) is 10.7 Å². The summed E-state index contributed by atoms with van der Waals surface area (Å²) in [7, 11) is 0. The maximum atomic E-state index is 12.4. The van der Waals surface area contributed by atoms with Crippen LogP contribution in [0.2, 0.25) is 5.02 Å². The average Bonchev–Trinajstić information content (AvgIpc) is 2.97. The molecule has 0 saturated carbocycles. The lowest BCUT2D eigenvalue weighted by atomic mass is 10.2. The fraction of sp³-hybridized carbons (Fsp3) is 0.111. The van der Waals surface area contributed by atoms with Crippen molar-refractivity contribution >= 4 is 45.9 Å². The summed E-state index contributed by atoms with van der Waals surface area (Å²) < 4.78 is 0. The molecule has 4 rings (SSSR count). The van der Waals surface area contributed by atoms with Crippen LogP contribution in [0.1, 0.15) is 11.1 Å². The normalized spacial score (nSPS) is 17.6. The number of fused-ring (bicyclic) bond motifs is 1. The number of para-hydroxylation sites is 1. The summed E-state index contributed by atoms with van der Waals surface area (Å²) in [6, 6.07) is 16.3. The van der Waals surface area contributed by atoms with Crippen LogP contribution in [0.25, 0.3) is 10.9 Å². The third-order valence-electron chi connectivity index (χ3n) is 3.95. The van der Waals surface area contributed by atoms with E-state index < -0.39 is 0 Å². The van der Waals surface area contributed by atoms with Crippen molar-refractivity contribution < 1.29 is 9.90 Å². The quantitative estimate of drug-likeness (QED) is 0.740. The van der Waals surface area contributed by atoms with Gasteiger partial charge >= 0.3 is 0 Å². The Morgan fingerprint density at radius 2 is 1.92 bits per heavy atom. The van der Waals surface area contributed by atoms with Crippen molar-refractivity contribution in [3.63, 3.8) is 0 Å². The van der Waals surface area contributed by atoms with E-state index in [9.17, 15) is 9.90 Å². The van der Waals surface area contributed by atoms with E-state index in [-0.39, 0.29) is 17.0 Å². The van der Waals surface area contributed by atoms with Crippen molar-refractivity contribution in [1.82, 2.24) is 4.98 Å². The van der Waals surface area contributed by atoms with Crippen molar-refractivity contribution in [3.05, 3.63) is 65.3 Å². The smallest absolute Gasteiger partial charge is 0.238 e. The van der Waals surface area contributed by atoms with Gasteiger partial charge in [-0.1, -0.05) is 29.8 Å². The lowest BCUT2D eigenvalue weighted by Crippen LogP contribution is -2.28. The summed E-state index contributed by atoms with van der Waals surface area (Å²) in [6.45, 7) is 0. The second kappa shape index (κ2) is 6.00. The number of rotatable bonds is 2. The third-order valence-corrected chi connectivity index (χ3v) is 5.38. The van der Waals surface area contributed by atoms with Gasteiger partial charge < -0.3 is 5.11 Å². The van der Waals surface area contributed by atoms with Gasteiger partial charge in [0.2, 0.25) is 5.91 Å². The number of hydrogen-bond donors (Lipinski definition) is 1. The molecule has 24 heavy (non-hydrogen) atoms. The first kappa shape index (κ1) is 15.3. The molecule has 120 valence electrons. The summed E-state index contributed by atoms with van der Waals surface area (Å²) in [5, 5.41) is 11.3. The summed E-state index contributed by atoms with van der Waals surface area (Å²) >= 11 is 7.47. The summed E-state index contributed by atoms with van der Waals surface area (Å²) in [5.74, 6) is 0.571. The molecule has 0 radical (unpaired) electrons. The van der Waals surface area contributed by atoms with Crippen LogP contribution in [-0.4, -0.2) is 21.8 Å². The molecule has 4 nitrogen and oxygen atoms in total. The van der Waals surface area contributed by atoms with Gasteiger partial charge in [-0.05, 0) is 36.4 Å². The number of hydrogen-bond acceptors (Lipinski definition) is 4. The molecule has 3 aromatic rings. The third kappa shape index (κ3) is 2.60. The van der Waals surface area contributed by atoms with Crippen molar-refractivity contribution in [2.24, 2.45) is 0 Å². The second-order valence-electron chi connectivity index (χ2n) is 5.49. The highest BCUT2D eigenvalue weighted by atomic mass is 35.5. The lowest BCUT2D eigenvalue weighted by Gasteiger charge is -2.24. The number of aromatic nitrogens is 1. The summed E-state index contributed by atoms with van der Waals surface area (Å²) in [4.78, 5) is 18.7. The Morgan fingerprint density at radius 1 is 1.12 bits per heavy atom. The van der Waals surface area contributed by atoms with Gasteiger partial charge in [0.1, 0.15) is 16.6 Å². The van der Waals surface area contributed by atoms with Gasteiger partial charge in [-0.3, -0.25) is 9.69 Å². The molecule has 1 N–H and O–H groups in total. The van der Waals surface area contributed by atoms with Gasteiger partial charge in [0.25, 0.3) is 0 Å². The zero-order valence-corrected chi connectivity index (χ0v) is 14.1. The number of carbonyl (C=O) groups excluding carboxylic acids is 1. The van der Waals surface area contributed by atoms with Crippen molar-refractivity contribution in [3.8, 4) is 5.75 Å². The van der Waals surface area contributed by atoms with E-state index in [0.717, 1.165) is 16.8 Å². The molecule has 1 amide bonds. The zero-order valence-electron chi connectivity index (χ0n) is 12.5. The van der Waals surface area contributed by atoms with Crippen LogP contribution < -0.4 is 4.90 Å². The van der Waals surface area contributed by atoms with Crippen LogP contribution in [-0.2, 0) is 4.79 Å². The van der Waals surface area contributed by atoms with E-state index in [1.807, 2.05) is 30.3 Å². The maximum absolute atomic E-state index is 12.4. The number of anilines is 1. The highest BCUT2D eigenvalue weighted by molar-refractivity contribution is 8.00. The molecule has 0 aliphatic carbocycles. The van der Waals surface area contributed by atoms with Crippen LogP contribution in [0.4, 0.5) is 5.69 Å². The molecule has 0 unspecified atom stereocenters. The highest BCUT2D eigenvalue weighted by Gasteiger charge is 2.35. The minimum Gasteiger partial charge on any atom is -0.506 e. The zero-order chi connectivity index (χ0) is 16.7. The second-order valence-corrected chi connectivity index (χ2v) is 6.99. The summed E-state index contributed by atoms with van der Waals surface area (Å²) in [5.41, 5.74) is 2.08. The molecule has 6 heteroatoms. The first-order valence-electron chi connectivity index (χ1n) is 7.41. The minimum absolute atomic E-state index is 0.0338. The number of pyridine rings is 1. The molecule has 2 heterocycles. The number of amides is 1. The van der Waals surface area contributed by atoms with E-state index in [0.29, 0.717) is 16.3 Å². The Labute approximate surface area is 148 Å². The van der Waals surface area contributed by atoms with Crippen LogP contribution in [0.5, 0.6) is 5.75 Å². The molecular formula is C18H13ClN2O2S. The molecule has 1 saturated heterocycles. The summed E-state index contributed by atoms with van der Waals surface area (Å²) in [6.07, 6.45) is 0. The molecule has 0 spiro atoms. The lowest BCUT2D eigenvalue weighted by molar-refractivity contribution is -0.115. The van der Waals surface area contributed by atoms with E-state index >= 15 is 0 Å². The molecule has 2 aromatic carbocycles. The number of benzene rings is 2. The number of thioether (sulfide) groups is 1. The van der Waals surface area contributed by atoms with Gasteiger partial charge in [0.15, 0.2) is 0 Å². The highest BCUT2D eigenvalue weighted by Crippen LogP contribution is 2.42. The van der Waals surface area contributed by atoms with E-state index in [2.05, 4.69) is 4.98 Å². The SMILES string of the molecule is O=C1CS[C@H](c2ccc3cccc(O)c3n2)N1c1ccc(Cl)cc1. The molecule has 0 bridgehead atoms. The minimum atomic E-state index is -0.220. The van der Waals surface area contributed by atoms with E-state index in [4.69, 9.17) is 11.6 Å². The molecule has 1 aliphatic heterocycles. The number of carbonyl (C=O) groups is 1. The van der Waals surface area contributed by atoms with Gasteiger partial charge in [-0.2, -0.15) is 0 Å². The monoisotopic (exact) mass is 356 g/mol. The number of nitrogens with zero attached hydrogens (tertiary/aromatic N) is 2. The van der Waals surface area contributed by atoms with Gasteiger partial charge in [-0.25, -0.2) is 4.98 Å². The van der Waals surface area contributed by atoms with Gasteiger partial charge in [-0.15, -0.1) is 11.8 Å². The molecule has 1 aromatic heterocycles. The van der Waals surface area contributed by atoms with Gasteiger partial charge in [0, 0.05) is 16.1 Å². The van der Waals surface area contributed by atoms with Crippen LogP contribution in [0, 0.1) is 0 Å². The van der Waals surface area contributed by atoms with Crippen molar-refractivity contribution in [1.29, 1.82) is 0 Å². The fourth-order valence-electron chi connectivity index (χ4n) is 2.81. The fourth-order valence-corrected chi connectivity index (χ4v) is 4.06. The predicted octanol–water partition coefficient (Wildman–Crippen LogP) is 4.37. The van der Waals surface area contributed by atoms with Crippen LogP contribution in [0.3, 0.4) is 0 Å². The van der Waals surface area contributed by atoms with E-state index in [1.54, 1.807) is 29.2 Å². The largest absolute Gasteiger partial charge is 0.506 e. The Kier molecular flexibility index (Phi) is 3.82. The standard InChI is InChI=1S/C18H13ClN2O2S/c19-12-5-7-13(8-6-12)21-16(23)10-24-18(21)14-9-4-11-2-1-3-15(22)17(11)20-14/h1-9,18,22H,10H2/t18-/m1/s1. The maximum Gasteiger partial charge on any atom is 0.238 e. The molecule has 1 atom stereocenters. The topological polar surface area (TPSA) is 53.4 Å². The Bertz CT molecular complexity index is 930. The number of phenols is 1. The number of aromatic hydroxyl groups is 1. The molecule has 1 fully saturated rings. The molecular weight excluding hydrogens is 344 g/mol. The first-order chi connectivity index (χ1) is 11.6. The van der Waals surface area contributed by atoms with Gasteiger partial charge in [0.05, 0.1) is 11.4 Å². The van der Waals surface area contributed by atoms with E-state index in [1.165, 1.54) is 11.8 Å². The number of halogens is 1. The molecule has 1 aliphatic rings. The first-order valence-corrected chi connectivity index (χ1v) is 8.84. The van der Waals surface area contributed by atoms with Crippen LogP contribution in [0.15, 0.2) is 54.6 Å². The van der Waals surface area contributed by atoms with Crippen molar-refractivity contribution in [2.45, 2.75) is 5.37 Å². The average molecular weight is 357 g/mol. The number of phenolic OH excluding ortho intramolecular Hbond substituents is 1. The predicted molar refractivity (Wildman–Crippen MR) is 97.5 cm³/mol.